The number of likely N-dealkylation sites (tertiary alicyclic amines) is 1. The van der Waals surface area contributed by atoms with Gasteiger partial charge in [-0.3, -0.25) is 9.69 Å². The van der Waals surface area contributed by atoms with E-state index in [4.69, 9.17) is 9.47 Å². The fourth-order valence-corrected chi connectivity index (χ4v) is 4.36. The third kappa shape index (κ3) is 4.56. The molecule has 0 aromatic heterocycles. The number of benzene rings is 2. The van der Waals surface area contributed by atoms with E-state index in [1.807, 2.05) is 31.2 Å². The van der Waals surface area contributed by atoms with E-state index < -0.39 is 0 Å². The molecule has 0 unspecified atom stereocenters. The van der Waals surface area contributed by atoms with Crippen molar-refractivity contribution in [2.45, 2.75) is 37.7 Å². The molecule has 2 aromatic carbocycles. The summed E-state index contributed by atoms with van der Waals surface area (Å²) in [7, 11) is 0. The van der Waals surface area contributed by atoms with Crippen LogP contribution in [-0.2, 0) is 10.2 Å². The highest BCUT2D eigenvalue weighted by Gasteiger charge is 2.37. The summed E-state index contributed by atoms with van der Waals surface area (Å²) >= 11 is 0. The molecular weight excluding hydrogens is 364 g/mol. The van der Waals surface area contributed by atoms with Gasteiger partial charge in [0.25, 0.3) is 0 Å². The van der Waals surface area contributed by atoms with E-state index in [-0.39, 0.29) is 17.4 Å². The predicted octanol–water partition coefficient (Wildman–Crippen LogP) is 3.39. The van der Waals surface area contributed by atoms with E-state index in [1.54, 1.807) is 0 Å². The molecule has 1 amide bonds. The van der Waals surface area contributed by atoms with Crippen LogP contribution in [0.3, 0.4) is 0 Å². The Morgan fingerprint density at radius 2 is 1.76 bits per heavy atom. The Bertz CT molecular complexity index is 816. The molecule has 0 radical (unpaired) electrons. The average Bonchev–Trinajstić information content (AvgIpc) is 2.79. The number of ether oxygens (including phenoxy) is 2. The number of piperidine rings is 1. The normalized spacial score (nSPS) is 20.8. The van der Waals surface area contributed by atoms with Crippen LogP contribution in [0.1, 0.15) is 31.7 Å². The summed E-state index contributed by atoms with van der Waals surface area (Å²) in [4.78, 5) is 14.4. The van der Waals surface area contributed by atoms with E-state index in [2.05, 4.69) is 40.5 Å². The van der Waals surface area contributed by atoms with Gasteiger partial charge in [0.1, 0.15) is 12.7 Å². The zero-order chi connectivity index (χ0) is 20.1. The first-order valence-corrected chi connectivity index (χ1v) is 10.6. The van der Waals surface area contributed by atoms with Gasteiger partial charge in [0.15, 0.2) is 11.5 Å². The molecule has 1 N–H and O–H groups in total. The first kappa shape index (κ1) is 19.8. The molecule has 5 nitrogen and oxygen atoms in total. The van der Waals surface area contributed by atoms with E-state index in [9.17, 15) is 4.79 Å². The maximum absolute atomic E-state index is 11.9. The summed E-state index contributed by atoms with van der Waals surface area (Å²) in [6.07, 6.45) is 2.61. The smallest absolute Gasteiger partial charge is 0.219 e. The summed E-state index contributed by atoms with van der Waals surface area (Å²) in [5.74, 6) is 1.79. The van der Waals surface area contributed by atoms with Crippen molar-refractivity contribution in [3.8, 4) is 11.5 Å². The Morgan fingerprint density at radius 1 is 1.07 bits per heavy atom. The van der Waals surface area contributed by atoms with Crippen LogP contribution >= 0.6 is 0 Å². The van der Waals surface area contributed by atoms with Crippen LogP contribution in [0.4, 0.5) is 0 Å². The van der Waals surface area contributed by atoms with E-state index in [0.29, 0.717) is 19.6 Å². The number of carbonyl (C=O) groups is 1. The highest BCUT2D eigenvalue weighted by atomic mass is 16.6. The molecule has 2 aliphatic heterocycles. The van der Waals surface area contributed by atoms with Crippen molar-refractivity contribution in [3.63, 3.8) is 0 Å². The number of nitrogens with zero attached hydrogens (tertiary/aromatic N) is 1. The second-order valence-corrected chi connectivity index (χ2v) is 8.07. The van der Waals surface area contributed by atoms with Gasteiger partial charge in [-0.05, 0) is 43.6 Å². The number of para-hydroxylation sites is 2. The van der Waals surface area contributed by atoms with Gasteiger partial charge in [0.05, 0.1) is 0 Å². The first-order chi connectivity index (χ1) is 14.2. The molecular formula is C24H30N2O3. The third-order valence-corrected chi connectivity index (χ3v) is 6.17. The SMILES string of the molecule is CCC(=O)NCC1(c2ccccc2)CCN(C[C@H]2COc3ccccc3O2)CC1. The maximum Gasteiger partial charge on any atom is 0.219 e. The van der Waals surface area contributed by atoms with Gasteiger partial charge in [0.2, 0.25) is 5.91 Å². The van der Waals surface area contributed by atoms with Crippen molar-refractivity contribution < 1.29 is 14.3 Å². The molecule has 0 bridgehead atoms. The first-order valence-electron chi connectivity index (χ1n) is 10.6. The van der Waals surface area contributed by atoms with Gasteiger partial charge in [-0.25, -0.2) is 0 Å². The zero-order valence-corrected chi connectivity index (χ0v) is 17.1. The van der Waals surface area contributed by atoms with Gasteiger partial charge in [0, 0.05) is 24.9 Å². The Morgan fingerprint density at radius 3 is 2.48 bits per heavy atom. The van der Waals surface area contributed by atoms with Gasteiger partial charge >= 0.3 is 0 Å². The summed E-state index contributed by atoms with van der Waals surface area (Å²) in [5, 5.41) is 3.15. The summed E-state index contributed by atoms with van der Waals surface area (Å²) in [6, 6.07) is 18.5. The average molecular weight is 395 g/mol. The number of amides is 1. The second kappa shape index (κ2) is 8.87. The maximum atomic E-state index is 11.9. The lowest BCUT2D eigenvalue weighted by Gasteiger charge is -2.43. The van der Waals surface area contributed by atoms with Crippen LogP contribution in [0, 0.1) is 0 Å². The van der Waals surface area contributed by atoms with Gasteiger partial charge in [-0.2, -0.15) is 0 Å². The quantitative estimate of drug-likeness (QED) is 0.816. The molecule has 154 valence electrons. The van der Waals surface area contributed by atoms with E-state index >= 15 is 0 Å². The van der Waals surface area contributed by atoms with Crippen LogP contribution in [-0.4, -0.2) is 49.7 Å². The largest absolute Gasteiger partial charge is 0.486 e. The monoisotopic (exact) mass is 394 g/mol. The van der Waals surface area contributed by atoms with Crippen molar-refractivity contribution in [1.82, 2.24) is 10.2 Å². The molecule has 1 fully saturated rings. The Balaban J connectivity index is 1.38. The van der Waals surface area contributed by atoms with Crippen LogP contribution in [0.5, 0.6) is 11.5 Å². The van der Waals surface area contributed by atoms with Crippen molar-refractivity contribution in [1.29, 1.82) is 0 Å². The molecule has 2 aromatic rings. The van der Waals surface area contributed by atoms with Crippen LogP contribution in [0.25, 0.3) is 0 Å². The summed E-state index contributed by atoms with van der Waals surface area (Å²) in [6.45, 7) is 6.02. The molecule has 1 saturated heterocycles. The lowest BCUT2D eigenvalue weighted by Crippen LogP contribution is -2.51. The zero-order valence-electron chi connectivity index (χ0n) is 17.1. The summed E-state index contributed by atoms with van der Waals surface area (Å²) in [5.41, 5.74) is 1.32. The van der Waals surface area contributed by atoms with Gasteiger partial charge in [-0.1, -0.05) is 49.4 Å². The minimum absolute atomic E-state index is 0.000881. The standard InChI is InChI=1S/C24H30N2O3/c1-2-23(27)25-18-24(19-8-4-3-5-9-19)12-14-26(15-13-24)16-20-17-28-21-10-6-7-11-22(21)29-20/h3-11,20H,2,12-18H2,1H3,(H,25,27)/t20-/m0/s1. The fraction of sp³-hybridized carbons (Fsp3) is 0.458. The molecule has 29 heavy (non-hydrogen) atoms. The number of hydrogen-bond donors (Lipinski definition) is 1. The van der Waals surface area contributed by atoms with Crippen LogP contribution in [0.2, 0.25) is 0 Å². The Kier molecular flexibility index (Phi) is 6.05. The number of rotatable bonds is 6. The molecule has 0 spiro atoms. The lowest BCUT2D eigenvalue weighted by molar-refractivity contribution is -0.121. The number of carbonyl (C=O) groups excluding carboxylic acids is 1. The Labute approximate surface area is 173 Å². The molecule has 4 rings (SSSR count). The van der Waals surface area contributed by atoms with Gasteiger partial charge in [-0.15, -0.1) is 0 Å². The fourth-order valence-electron chi connectivity index (χ4n) is 4.36. The lowest BCUT2D eigenvalue weighted by atomic mass is 9.72. The Hall–Kier alpha value is -2.53. The highest BCUT2D eigenvalue weighted by molar-refractivity contribution is 5.75. The third-order valence-electron chi connectivity index (χ3n) is 6.17. The van der Waals surface area contributed by atoms with Crippen molar-refractivity contribution >= 4 is 5.91 Å². The minimum atomic E-state index is -0.000881. The van der Waals surface area contributed by atoms with E-state index in [1.165, 1.54) is 5.56 Å². The number of nitrogens with one attached hydrogen (secondary N) is 1. The van der Waals surface area contributed by atoms with Crippen molar-refractivity contribution in [3.05, 3.63) is 60.2 Å². The number of fused-ring (bicyclic) bond motifs is 1. The molecule has 2 aliphatic rings. The highest BCUT2D eigenvalue weighted by Crippen LogP contribution is 2.36. The molecule has 0 saturated carbocycles. The van der Waals surface area contributed by atoms with Crippen molar-refractivity contribution in [2.24, 2.45) is 0 Å². The molecule has 0 aliphatic carbocycles. The number of hydrogen-bond acceptors (Lipinski definition) is 4. The molecule has 5 heteroatoms. The topological polar surface area (TPSA) is 50.8 Å². The predicted molar refractivity (Wildman–Crippen MR) is 113 cm³/mol. The van der Waals surface area contributed by atoms with Crippen LogP contribution < -0.4 is 14.8 Å². The molecule has 1 atom stereocenters. The summed E-state index contributed by atoms with van der Waals surface area (Å²) < 4.78 is 12.0. The van der Waals surface area contributed by atoms with Crippen LogP contribution in [0.15, 0.2) is 54.6 Å². The second-order valence-electron chi connectivity index (χ2n) is 8.07. The van der Waals surface area contributed by atoms with Crippen molar-refractivity contribution in [2.75, 3.05) is 32.8 Å². The molecule has 2 heterocycles. The minimum Gasteiger partial charge on any atom is -0.486 e. The van der Waals surface area contributed by atoms with Gasteiger partial charge < -0.3 is 14.8 Å². The van der Waals surface area contributed by atoms with E-state index in [0.717, 1.165) is 44.0 Å².